The van der Waals surface area contributed by atoms with E-state index >= 15 is 0 Å². The largest absolute Gasteiger partial charge is 0.496 e. The first-order chi connectivity index (χ1) is 9.85. The number of amides is 1. The van der Waals surface area contributed by atoms with E-state index in [9.17, 15) is 9.59 Å². The smallest absolute Gasteiger partial charge is 0.305 e. The molecule has 0 aliphatic carbocycles. The monoisotopic (exact) mass is 293 g/mol. The zero-order valence-corrected chi connectivity index (χ0v) is 13.0. The number of hydrogen-bond donors (Lipinski definition) is 1. The Morgan fingerprint density at radius 3 is 2.52 bits per heavy atom. The molecular formula is C16H23NO4. The minimum absolute atomic E-state index is 0.0346. The van der Waals surface area contributed by atoms with Crippen LogP contribution >= 0.6 is 0 Å². The van der Waals surface area contributed by atoms with Crippen molar-refractivity contribution in [1.29, 1.82) is 0 Å². The van der Waals surface area contributed by atoms with E-state index in [1.54, 1.807) is 12.0 Å². The standard InChI is InChI=1S/C16H23NO4/c1-11(2)17(8-7-16(19)20)15(18)10-13-9-12(3)5-6-14(13)21-4/h5-6,9,11H,7-8,10H2,1-4H3,(H,19,20). The molecule has 5 heteroatoms. The van der Waals surface area contributed by atoms with Crippen molar-refractivity contribution in [3.05, 3.63) is 29.3 Å². The third-order valence-corrected chi connectivity index (χ3v) is 3.29. The van der Waals surface area contributed by atoms with Crippen LogP contribution in [0.3, 0.4) is 0 Å². The highest BCUT2D eigenvalue weighted by Crippen LogP contribution is 2.21. The molecule has 116 valence electrons. The van der Waals surface area contributed by atoms with Gasteiger partial charge in [-0.05, 0) is 26.8 Å². The lowest BCUT2D eigenvalue weighted by atomic mass is 10.1. The van der Waals surface area contributed by atoms with E-state index in [4.69, 9.17) is 9.84 Å². The lowest BCUT2D eigenvalue weighted by Gasteiger charge is -2.26. The van der Waals surface area contributed by atoms with Crippen molar-refractivity contribution < 1.29 is 19.4 Å². The lowest BCUT2D eigenvalue weighted by Crippen LogP contribution is -2.39. The molecule has 0 aliphatic heterocycles. The Labute approximate surface area is 125 Å². The van der Waals surface area contributed by atoms with E-state index in [1.807, 2.05) is 39.0 Å². The van der Waals surface area contributed by atoms with Crippen LogP contribution in [-0.2, 0) is 16.0 Å². The molecule has 0 spiro atoms. The summed E-state index contributed by atoms with van der Waals surface area (Å²) in [5.74, 6) is -0.312. The van der Waals surface area contributed by atoms with Gasteiger partial charge in [-0.1, -0.05) is 17.7 Å². The summed E-state index contributed by atoms with van der Waals surface area (Å²) in [6.45, 7) is 5.94. The number of nitrogens with zero attached hydrogens (tertiary/aromatic N) is 1. The minimum Gasteiger partial charge on any atom is -0.496 e. The second-order valence-corrected chi connectivity index (χ2v) is 5.32. The third kappa shape index (κ3) is 5.10. The van der Waals surface area contributed by atoms with E-state index in [-0.39, 0.29) is 31.3 Å². The van der Waals surface area contributed by atoms with Crippen LogP contribution in [-0.4, -0.2) is 41.6 Å². The van der Waals surface area contributed by atoms with Gasteiger partial charge in [0.25, 0.3) is 0 Å². The van der Waals surface area contributed by atoms with Crippen LogP contribution in [0.4, 0.5) is 0 Å². The number of rotatable bonds is 7. The second kappa shape index (κ2) is 7.67. The highest BCUT2D eigenvalue weighted by Gasteiger charge is 2.19. The van der Waals surface area contributed by atoms with E-state index in [1.165, 1.54) is 0 Å². The van der Waals surface area contributed by atoms with Gasteiger partial charge in [-0.3, -0.25) is 9.59 Å². The summed E-state index contributed by atoms with van der Waals surface area (Å²) in [4.78, 5) is 24.7. The number of carbonyl (C=O) groups is 2. The van der Waals surface area contributed by atoms with Crippen molar-refractivity contribution in [1.82, 2.24) is 4.90 Å². The summed E-state index contributed by atoms with van der Waals surface area (Å²) in [5.41, 5.74) is 1.88. The van der Waals surface area contributed by atoms with Gasteiger partial charge >= 0.3 is 5.97 Å². The van der Waals surface area contributed by atoms with Gasteiger partial charge in [-0.15, -0.1) is 0 Å². The Kier molecular flexibility index (Phi) is 6.21. The van der Waals surface area contributed by atoms with E-state index in [0.717, 1.165) is 11.1 Å². The Bertz CT molecular complexity index is 511. The summed E-state index contributed by atoms with van der Waals surface area (Å²) >= 11 is 0. The number of hydrogen-bond acceptors (Lipinski definition) is 3. The Morgan fingerprint density at radius 1 is 1.33 bits per heavy atom. The second-order valence-electron chi connectivity index (χ2n) is 5.32. The fourth-order valence-electron chi connectivity index (χ4n) is 2.20. The number of ether oxygens (including phenoxy) is 1. The normalized spacial score (nSPS) is 10.5. The number of carboxylic acids is 1. The van der Waals surface area contributed by atoms with Crippen molar-refractivity contribution in [2.75, 3.05) is 13.7 Å². The fourth-order valence-corrected chi connectivity index (χ4v) is 2.20. The fraction of sp³-hybridized carbons (Fsp3) is 0.500. The van der Waals surface area contributed by atoms with Crippen LogP contribution in [0.15, 0.2) is 18.2 Å². The van der Waals surface area contributed by atoms with Gasteiger partial charge in [-0.25, -0.2) is 0 Å². The zero-order chi connectivity index (χ0) is 16.0. The Hall–Kier alpha value is -2.04. The highest BCUT2D eigenvalue weighted by molar-refractivity contribution is 5.80. The molecule has 0 saturated heterocycles. The van der Waals surface area contributed by atoms with Gasteiger partial charge in [0.05, 0.1) is 20.0 Å². The first-order valence-corrected chi connectivity index (χ1v) is 7.00. The maximum atomic E-state index is 12.4. The van der Waals surface area contributed by atoms with Gasteiger partial charge in [0, 0.05) is 18.2 Å². The maximum absolute atomic E-state index is 12.4. The van der Waals surface area contributed by atoms with Gasteiger partial charge < -0.3 is 14.7 Å². The number of methoxy groups -OCH3 is 1. The van der Waals surface area contributed by atoms with Crippen molar-refractivity contribution in [2.45, 2.75) is 39.7 Å². The molecule has 0 radical (unpaired) electrons. The van der Waals surface area contributed by atoms with Crippen molar-refractivity contribution >= 4 is 11.9 Å². The van der Waals surface area contributed by atoms with Crippen molar-refractivity contribution in [3.8, 4) is 5.75 Å². The molecule has 1 aromatic rings. The molecule has 0 aromatic heterocycles. The van der Waals surface area contributed by atoms with Crippen molar-refractivity contribution in [3.63, 3.8) is 0 Å². The van der Waals surface area contributed by atoms with E-state index in [2.05, 4.69) is 0 Å². The lowest BCUT2D eigenvalue weighted by molar-refractivity contribution is -0.139. The number of aryl methyl sites for hydroxylation is 1. The maximum Gasteiger partial charge on any atom is 0.305 e. The van der Waals surface area contributed by atoms with Crippen LogP contribution < -0.4 is 4.74 Å². The molecule has 0 bridgehead atoms. The summed E-state index contributed by atoms with van der Waals surface area (Å²) in [6, 6.07) is 5.66. The van der Waals surface area contributed by atoms with Crippen LogP contribution in [0.1, 0.15) is 31.4 Å². The summed E-state index contributed by atoms with van der Waals surface area (Å²) in [5, 5.41) is 8.78. The summed E-state index contributed by atoms with van der Waals surface area (Å²) < 4.78 is 5.27. The minimum atomic E-state index is -0.901. The Morgan fingerprint density at radius 2 is 2.00 bits per heavy atom. The average Bonchev–Trinajstić information content (AvgIpc) is 2.38. The van der Waals surface area contributed by atoms with Gasteiger partial charge in [0.1, 0.15) is 5.75 Å². The Balaban J connectivity index is 2.86. The molecule has 1 rings (SSSR count). The van der Waals surface area contributed by atoms with Crippen molar-refractivity contribution in [2.24, 2.45) is 0 Å². The number of aliphatic carboxylic acids is 1. The molecule has 0 atom stereocenters. The molecule has 5 nitrogen and oxygen atoms in total. The molecule has 1 N–H and O–H groups in total. The predicted molar refractivity (Wildman–Crippen MR) is 80.5 cm³/mol. The summed E-state index contributed by atoms with van der Waals surface area (Å²) in [6.07, 6.45) is 0.164. The zero-order valence-electron chi connectivity index (χ0n) is 13.0. The molecule has 0 fully saturated rings. The summed E-state index contributed by atoms with van der Waals surface area (Å²) in [7, 11) is 1.57. The van der Waals surface area contributed by atoms with E-state index in [0.29, 0.717) is 5.75 Å². The van der Waals surface area contributed by atoms with Crippen LogP contribution in [0, 0.1) is 6.92 Å². The van der Waals surface area contributed by atoms with Gasteiger partial charge in [-0.2, -0.15) is 0 Å². The molecular weight excluding hydrogens is 270 g/mol. The topological polar surface area (TPSA) is 66.8 Å². The molecule has 0 aliphatic rings. The number of carboxylic acid groups (broad SMARTS) is 1. The molecule has 0 saturated carbocycles. The first-order valence-electron chi connectivity index (χ1n) is 7.00. The average molecular weight is 293 g/mol. The van der Waals surface area contributed by atoms with Gasteiger partial charge in [0.2, 0.25) is 5.91 Å². The van der Waals surface area contributed by atoms with Crippen LogP contribution in [0.2, 0.25) is 0 Å². The predicted octanol–water partition coefficient (Wildman–Crippen LogP) is 2.26. The molecule has 21 heavy (non-hydrogen) atoms. The highest BCUT2D eigenvalue weighted by atomic mass is 16.5. The van der Waals surface area contributed by atoms with Crippen LogP contribution in [0.5, 0.6) is 5.75 Å². The van der Waals surface area contributed by atoms with Gasteiger partial charge in [0.15, 0.2) is 0 Å². The molecule has 1 aromatic carbocycles. The SMILES string of the molecule is COc1ccc(C)cc1CC(=O)N(CCC(=O)O)C(C)C. The number of carbonyl (C=O) groups excluding carboxylic acids is 1. The number of benzene rings is 1. The quantitative estimate of drug-likeness (QED) is 0.837. The third-order valence-electron chi connectivity index (χ3n) is 3.29. The molecule has 0 heterocycles. The van der Waals surface area contributed by atoms with Crippen LogP contribution in [0.25, 0.3) is 0 Å². The first kappa shape index (κ1) is 17.0. The van der Waals surface area contributed by atoms with E-state index < -0.39 is 5.97 Å². The molecule has 1 amide bonds. The molecule has 0 unspecified atom stereocenters.